The van der Waals surface area contributed by atoms with Gasteiger partial charge in [-0.1, -0.05) is 13.8 Å². The molecule has 0 saturated carbocycles. The Morgan fingerprint density at radius 2 is 2.24 bits per heavy atom. The van der Waals surface area contributed by atoms with Gasteiger partial charge in [-0.25, -0.2) is 0 Å². The first kappa shape index (κ1) is 13.1. The minimum Gasteiger partial charge on any atom is -0.297 e. The van der Waals surface area contributed by atoms with Gasteiger partial charge in [0, 0.05) is 20.1 Å². The van der Waals surface area contributed by atoms with Gasteiger partial charge in [0.1, 0.15) is 0 Å². The molecule has 1 fully saturated rings. The molecule has 1 aliphatic heterocycles. The van der Waals surface area contributed by atoms with E-state index in [-0.39, 0.29) is 0 Å². The van der Waals surface area contributed by atoms with E-state index in [1.165, 1.54) is 41.8 Å². The second-order valence-corrected chi connectivity index (χ2v) is 5.96. The Bertz CT molecular complexity index is 386. The van der Waals surface area contributed by atoms with E-state index in [1.807, 2.05) is 11.7 Å². The molecular formula is C13H22BrN3. The van der Waals surface area contributed by atoms with Crippen molar-refractivity contribution in [1.29, 1.82) is 0 Å². The van der Waals surface area contributed by atoms with Gasteiger partial charge in [0.2, 0.25) is 0 Å². The SMILES string of the molecule is CCc1nn(C)c(CN2CCCC(C)C2)c1Br. The van der Waals surface area contributed by atoms with Crippen LogP contribution in [-0.2, 0) is 20.0 Å². The highest BCUT2D eigenvalue weighted by atomic mass is 79.9. The maximum absolute atomic E-state index is 4.56. The summed E-state index contributed by atoms with van der Waals surface area (Å²) in [7, 11) is 2.05. The first-order valence-corrected chi connectivity index (χ1v) is 7.33. The quantitative estimate of drug-likeness (QED) is 0.855. The molecule has 0 aromatic carbocycles. The number of aryl methyl sites for hydroxylation is 2. The first-order chi connectivity index (χ1) is 8.11. The van der Waals surface area contributed by atoms with Gasteiger partial charge < -0.3 is 0 Å². The molecule has 1 aromatic heterocycles. The van der Waals surface area contributed by atoms with E-state index in [9.17, 15) is 0 Å². The van der Waals surface area contributed by atoms with Crippen molar-refractivity contribution in [1.82, 2.24) is 14.7 Å². The lowest BCUT2D eigenvalue weighted by Crippen LogP contribution is -2.34. The Labute approximate surface area is 112 Å². The summed E-state index contributed by atoms with van der Waals surface area (Å²) in [5.74, 6) is 0.835. The Morgan fingerprint density at radius 1 is 1.47 bits per heavy atom. The lowest BCUT2D eigenvalue weighted by atomic mass is 10.0. The fraction of sp³-hybridized carbons (Fsp3) is 0.769. The van der Waals surface area contributed by atoms with E-state index in [2.05, 4.69) is 39.8 Å². The van der Waals surface area contributed by atoms with Gasteiger partial charge >= 0.3 is 0 Å². The van der Waals surface area contributed by atoms with E-state index in [0.717, 1.165) is 18.9 Å². The third-order valence-electron chi connectivity index (χ3n) is 3.62. The minimum atomic E-state index is 0.835. The van der Waals surface area contributed by atoms with Crippen molar-refractivity contribution >= 4 is 15.9 Å². The number of rotatable bonds is 3. The van der Waals surface area contributed by atoms with Crippen LogP contribution in [0.1, 0.15) is 38.1 Å². The van der Waals surface area contributed by atoms with Crippen molar-refractivity contribution < 1.29 is 0 Å². The smallest absolute Gasteiger partial charge is 0.0767 e. The number of hydrogen-bond donors (Lipinski definition) is 0. The Kier molecular flexibility index (Phi) is 4.26. The summed E-state index contributed by atoms with van der Waals surface area (Å²) >= 11 is 3.69. The number of halogens is 1. The summed E-state index contributed by atoms with van der Waals surface area (Å²) < 4.78 is 3.24. The van der Waals surface area contributed by atoms with Crippen LogP contribution in [-0.4, -0.2) is 27.8 Å². The predicted molar refractivity (Wildman–Crippen MR) is 74.0 cm³/mol. The van der Waals surface area contributed by atoms with E-state index in [0.29, 0.717) is 0 Å². The Balaban J connectivity index is 2.10. The highest BCUT2D eigenvalue weighted by Gasteiger charge is 2.20. The number of hydrogen-bond acceptors (Lipinski definition) is 2. The maximum Gasteiger partial charge on any atom is 0.0767 e. The standard InChI is InChI=1S/C13H22BrN3/c1-4-11-13(14)12(16(3)15-11)9-17-7-5-6-10(2)8-17/h10H,4-9H2,1-3H3. The van der Waals surface area contributed by atoms with E-state index in [1.54, 1.807) is 0 Å². The van der Waals surface area contributed by atoms with Crippen LogP contribution in [0.15, 0.2) is 4.47 Å². The van der Waals surface area contributed by atoms with Crippen molar-refractivity contribution in [2.24, 2.45) is 13.0 Å². The third-order valence-corrected chi connectivity index (χ3v) is 4.53. The number of aromatic nitrogens is 2. The van der Waals surface area contributed by atoms with Crippen molar-refractivity contribution in [2.75, 3.05) is 13.1 Å². The molecule has 0 bridgehead atoms. The number of nitrogens with zero attached hydrogens (tertiary/aromatic N) is 3. The van der Waals surface area contributed by atoms with Gasteiger partial charge in [0.05, 0.1) is 15.9 Å². The second kappa shape index (κ2) is 5.53. The van der Waals surface area contributed by atoms with Crippen LogP contribution in [0.5, 0.6) is 0 Å². The fourth-order valence-electron chi connectivity index (χ4n) is 2.63. The molecule has 0 aliphatic carbocycles. The summed E-state index contributed by atoms with van der Waals surface area (Å²) in [6.45, 7) is 7.97. The summed E-state index contributed by atoms with van der Waals surface area (Å²) in [6.07, 6.45) is 3.70. The molecule has 0 amide bonds. The summed E-state index contributed by atoms with van der Waals surface area (Å²) in [5, 5.41) is 4.56. The van der Waals surface area contributed by atoms with E-state index in [4.69, 9.17) is 0 Å². The predicted octanol–water partition coefficient (Wildman–Crippen LogP) is 2.98. The molecule has 1 atom stereocenters. The van der Waals surface area contributed by atoms with E-state index < -0.39 is 0 Å². The lowest BCUT2D eigenvalue weighted by molar-refractivity contribution is 0.172. The first-order valence-electron chi connectivity index (χ1n) is 6.54. The van der Waals surface area contributed by atoms with Gasteiger partial charge in [-0.3, -0.25) is 9.58 Å². The fourth-order valence-corrected chi connectivity index (χ4v) is 3.38. The van der Waals surface area contributed by atoms with Crippen LogP contribution in [0, 0.1) is 5.92 Å². The molecule has 2 heterocycles. The van der Waals surface area contributed by atoms with Gasteiger partial charge in [0.25, 0.3) is 0 Å². The molecule has 0 spiro atoms. The van der Waals surface area contributed by atoms with Crippen LogP contribution >= 0.6 is 15.9 Å². The van der Waals surface area contributed by atoms with Crippen molar-refractivity contribution in [3.8, 4) is 0 Å². The highest BCUT2D eigenvalue weighted by molar-refractivity contribution is 9.10. The Hall–Kier alpha value is -0.350. The molecule has 0 N–H and O–H groups in total. The molecule has 3 nitrogen and oxygen atoms in total. The topological polar surface area (TPSA) is 21.1 Å². The molecule has 1 unspecified atom stereocenters. The van der Waals surface area contributed by atoms with Crippen LogP contribution in [0.3, 0.4) is 0 Å². The zero-order chi connectivity index (χ0) is 12.4. The summed E-state index contributed by atoms with van der Waals surface area (Å²) in [6, 6.07) is 0. The molecule has 1 aliphatic rings. The second-order valence-electron chi connectivity index (χ2n) is 5.17. The summed E-state index contributed by atoms with van der Waals surface area (Å²) in [5.41, 5.74) is 2.49. The summed E-state index contributed by atoms with van der Waals surface area (Å²) in [4.78, 5) is 2.55. The number of likely N-dealkylation sites (tertiary alicyclic amines) is 1. The van der Waals surface area contributed by atoms with Crippen LogP contribution < -0.4 is 0 Å². The molecule has 1 saturated heterocycles. The average molecular weight is 300 g/mol. The van der Waals surface area contributed by atoms with Crippen molar-refractivity contribution in [3.05, 3.63) is 15.9 Å². The molecule has 96 valence electrons. The lowest BCUT2D eigenvalue weighted by Gasteiger charge is -2.30. The van der Waals surface area contributed by atoms with Gasteiger partial charge in [-0.2, -0.15) is 5.10 Å². The molecule has 2 rings (SSSR count). The monoisotopic (exact) mass is 299 g/mol. The molecule has 0 radical (unpaired) electrons. The Morgan fingerprint density at radius 3 is 2.82 bits per heavy atom. The number of piperidine rings is 1. The zero-order valence-electron chi connectivity index (χ0n) is 11.0. The molecule has 4 heteroatoms. The van der Waals surface area contributed by atoms with Crippen LogP contribution in [0.4, 0.5) is 0 Å². The largest absolute Gasteiger partial charge is 0.297 e. The van der Waals surface area contributed by atoms with Gasteiger partial charge in [-0.05, 0) is 47.7 Å². The maximum atomic E-state index is 4.56. The zero-order valence-corrected chi connectivity index (χ0v) is 12.6. The normalized spacial score (nSPS) is 22.0. The average Bonchev–Trinajstić information content (AvgIpc) is 2.56. The third kappa shape index (κ3) is 2.91. The molecule has 1 aromatic rings. The highest BCUT2D eigenvalue weighted by Crippen LogP contribution is 2.25. The van der Waals surface area contributed by atoms with Gasteiger partial charge in [-0.15, -0.1) is 0 Å². The van der Waals surface area contributed by atoms with Crippen molar-refractivity contribution in [2.45, 2.75) is 39.7 Å². The van der Waals surface area contributed by atoms with E-state index >= 15 is 0 Å². The van der Waals surface area contributed by atoms with Gasteiger partial charge in [0.15, 0.2) is 0 Å². The van der Waals surface area contributed by atoms with Crippen LogP contribution in [0.2, 0.25) is 0 Å². The van der Waals surface area contributed by atoms with Crippen LogP contribution in [0.25, 0.3) is 0 Å². The minimum absolute atomic E-state index is 0.835. The molecule has 17 heavy (non-hydrogen) atoms. The molecular weight excluding hydrogens is 278 g/mol. The van der Waals surface area contributed by atoms with Crippen molar-refractivity contribution in [3.63, 3.8) is 0 Å².